The van der Waals surface area contributed by atoms with E-state index in [2.05, 4.69) is 30.5 Å². The maximum atomic E-state index is 12.6. The third-order valence-electron chi connectivity index (χ3n) is 8.51. The minimum atomic E-state index is -4.70. The fourth-order valence-electron chi connectivity index (χ4n) is 5.35. The molecule has 0 fully saturated rings. The number of unbranched alkanes of at least 4 members (excludes halogenated alkanes) is 21. The van der Waals surface area contributed by atoms with Gasteiger partial charge in [-0.2, -0.15) is 0 Å². The van der Waals surface area contributed by atoms with Gasteiger partial charge < -0.3 is 25.2 Å². The Morgan fingerprint density at radius 3 is 1.48 bits per heavy atom. The smallest absolute Gasteiger partial charge is 0.472 e. The Morgan fingerprint density at radius 1 is 0.600 bits per heavy atom. The molecule has 0 saturated heterocycles. The molecule has 0 aromatic heterocycles. The summed E-state index contributed by atoms with van der Waals surface area (Å²) < 4.78 is 32.6. The van der Waals surface area contributed by atoms with E-state index in [-0.39, 0.29) is 19.4 Å². The molecule has 0 radical (unpaired) electrons. The first kappa shape index (κ1) is 48.2. The number of carboxylic acids is 1. The zero-order chi connectivity index (χ0) is 37.1. The average molecular weight is 734 g/mol. The van der Waals surface area contributed by atoms with E-state index in [4.69, 9.17) is 24.8 Å². The van der Waals surface area contributed by atoms with Gasteiger partial charge in [-0.05, 0) is 38.5 Å². The van der Waals surface area contributed by atoms with Gasteiger partial charge in [-0.1, -0.05) is 142 Å². The molecule has 0 amide bonds. The summed E-state index contributed by atoms with van der Waals surface area (Å²) >= 11 is 0. The first-order valence-corrected chi connectivity index (χ1v) is 21.2. The highest BCUT2D eigenvalue weighted by molar-refractivity contribution is 7.47. The Hall–Kier alpha value is -1.78. The van der Waals surface area contributed by atoms with Gasteiger partial charge in [0.1, 0.15) is 12.6 Å². The van der Waals surface area contributed by atoms with Crippen LogP contribution in [0, 0.1) is 0 Å². The normalized spacial score (nSPS) is 14.0. The van der Waals surface area contributed by atoms with Crippen molar-refractivity contribution < 1.29 is 47.5 Å². The van der Waals surface area contributed by atoms with E-state index >= 15 is 0 Å². The van der Waals surface area contributed by atoms with Crippen LogP contribution in [0.5, 0.6) is 0 Å². The van der Waals surface area contributed by atoms with Gasteiger partial charge in [0.2, 0.25) is 0 Å². The molecular weight excluding hydrogens is 661 g/mol. The number of phosphoric ester groups is 1. The molecule has 0 aromatic rings. The van der Waals surface area contributed by atoms with Crippen LogP contribution in [-0.4, -0.2) is 59.9 Å². The number of carbonyl (C=O) groups is 3. The van der Waals surface area contributed by atoms with Gasteiger partial charge in [0.25, 0.3) is 0 Å². The molecule has 1 unspecified atom stereocenters. The number of carbonyl (C=O) groups excluding carboxylic acids is 2. The number of hydrogen-bond donors (Lipinski definition) is 3. The number of aliphatic carboxylic acids is 1. The van der Waals surface area contributed by atoms with Gasteiger partial charge in [0, 0.05) is 12.8 Å². The van der Waals surface area contributed by atoms with Crippen LogP contribution >= 0.6 is 7.82 Å². The Morgan fingerprint density at radius 2 is 1.00 bits per heavy atom. The van der Waals surface area contributed by atoms with E-state index in [1.165, 1.54) is 96.3 Å². The number of allylic oxidation sites excluding steroid dienone is 2. The van der Waals surface area contributed by atoms with Crippen molar-refractivity contribution in [1.82, 2.24) is 0 Å². The largest absolute Gasteiger partial charge is 0.480 e. The fraction of sp³-hybridized carbons (Fsp3) is 0.868. The lowest BCUT2D eigenvalue weighted by molar-refractivity contribution is -0.161. The quantitative estimate of drug-likeness (QED) is 0.0240. The van der Waals surface area contributed by atoms with Crippen LogP contribution in [0.4, 0.5) is 0 Å². The third kappa shape index (κ3) is 33.4. The fourth-order valence-corrected chi connectivity index (χ4v) is 6.13. The van der Waals surface area contributed by atoms with Gasteiger partial charge in [0.15, 0.2) is 6.10 Å². The molecule has 0 heterocycles. The number of hydrogen-bond acceptors (Lipinski definition) is 9. The highest BCUT2D eigenvalue weighted by Crippen LogP contribution is 2.43. The Bertz CT molecular complexity index is 916. The molecule has 11 nitrogen and oxygen atoms in total. The van der Waals surface area contributed by atoms with Crippen molar-refractivity contribution in [2.45, 2.75) is 193 Å². The topological polar surface area (TPSA) is 172 Å². The zero-order valence-corrected chi connectivity index (χ0v) is 32.4. The van der Waals surface area contributed by atoms with Crippen molar-refractivity contribution in [3.63, 3.8) is 0 Å². The second-order valence-electron chi connectivity index (χ2n) is 13.4. The number of phosphoric acid groups is 1. The predicted octanol–water partition coefficient (Wildman–Crippen LogP) is 9.73. The number of esters is 2. The van der Waals surface area contributed by atoms with E-state index in [0.29, 0.717) is 12.8 Å². The van der Waals surface area contributed by atoms with Crippen LogP contribution in [0.2, 0.25) is 0 Å². The van der Waals surface area contributed by atoms with Crippen molar-refractivity contribution in [2.75, 3.05) is 19.8 Å². The standard InChI is InChI=1S/C38H72NO10P/c1-3-5-7-9-11-13-15-16-17-18-20-22-24-26-28-30-37(41)49-34(32-47-50(44,45)48-33-35(39)38(42)43)31-46-36(40)29-27-25-23-21-19-14-12-10-8-6-4-2/h13,15,34-35H,3-12,14,16-33,39H2,1-2H3,(H,42,43)(H,44,45)/b15-13-/t34-,35+/m1/s1. The molecule has 0 bridgehead atoms. The zero-order valence-electron chi connectivity index (χ0n) is 31.5. The summed E-state index contributed by atoms with van der Waals surface area (Å²) in [7, 11) is -4.70. The van der Waals surface area contributed by atoms with Crippen molar-refractivity contribution in [3.05, 3.63) is 12.2 Å². The summed E-state index contributed by atoms with van der Waals surface area (Å²) in [6.45, 7) is 2.77. The molecule has 294 valence electrons. The molecule has 0 aliphatic carbocycles. The molecule has 12 heteroatoms. The summed E-state index contributed by atoms with van der Waals surface area (Å²) in [6, 6.07) is -1.52. The number of nitrogens with two attached hydrogens (primary N) is 1. The molecule has 0 saturated carbocycles. The minimum Gasteiger partial charge on any atom is -0.480 e. The highest BCUT2D eigenvalue weighted by atomic mass is 31.2. The summed E-state index contributed by atoms with van der Waals surface area (Å²) in [4.78, 5) is 45.7. The summed E-state index contributed by atoms with van der Waals surface area (Å²) in [6.07, 6.45) is 31.3. The number of carboxylic acid groups (broad SMARTS) is 1. The summed E-state index contributed by atoms with van der Waals surface area (Å²) in [5, 5.41) is 8.86. The lowest BCUT2D eigenvalue weighted by Crippen LogP contribution is -2.34. The first-order valence-electron chi connectivity index (χ1n) is 19.7. The molecule has 4 N–H and O–H groups in total. The van der Waals surface area contributed by atoms with Crippen molar-refractivity contribution in [3.8, 4) is 0 Å². The first-order chi connectivity index (χ1) is 24.1. The molecule has 0 aliphatic heterocycles. The highest BCUT2D eigenvalue weighted by Gasteiger charge is 2.28. The second kappa shape index (κ2) is 34.3. The van der Waals surface area contributed by atoms with Gasteiger partial charge in [-0.15, -0.1) is 0 Å². The monoisotopic (exact) mass is 733 g/mol. The molecule has 50 heavy (non-hydrogen) atoms. The SMILES string of the molecule is CCCCCC/C=C\CCCCCCCCCC(=O)O[C@H](COC(=O)CCCCCCCCCCCCC)COP(=O)(O)OC[C@H](N)C(=O)O. The van der Waals surface area contributed by atoms with Crippen molar-refractivity contribution in [1.29, 1.82) is 0 Å². The molecule has 3 atom stereocenters. The van der Waals surface area contributed by atoms with E-state index in [1.807, 2.05) is 0 Å². The minimum absolute atomic E-state index is 0.160. The Labute approximate surface area is 303 Å². The van der Waals surface area contributed by atoms with E-state index in [1.54, 1.807) is 0 Å². The van der Waals surface area contributed by atoms with Crippen LogP contribution in [0.25, 0.3) is 0 Å². The lowest BCUT2D eigenvalue weighted by Gasteiger charge is -2.20. The molecule has 0 spiro atoms. The number of rotatable bonds is 37. The molecular formula is C38H72NO10P. The van der Waals surface area contributed by atoms with Gasteiger partial charge >= 0.3 is 25.7 Å². The number of ether oxygens (including phenoxy) is 2. The molecule has 0 aliphatic rings. The maximum Gasteiger partial charge on any atom is 0.472 e. The second-order valence-corrected chi connectivity index (χ2v) is 14.9. The average Bonchev–Trinajstić information content (AvgIpc) is 3.09. The molecule has 0 aromatic carbocycles. The van der Waals surface area contributed by atoms with Crippen LogP contribution < -0.4 is 5.73 Å². The maximum absolute atomic E-state index is 12.6. The van der Waals surface area contributed by atoms with Crippen LogP contribution in [0.3, 0.4) is 0 Å². The Kier molecular flexibility index (Phi) is 33.1. The third-order valence-corrected chi connectivity index (χ3v) is 9.46. The van der Waals surface area contributed by atoms with Gasteiger partial charge in [-0.25, -0.2) is 4.57 Å². The predicted molar refractivity (Wildman–Crippen MR) is 199 cm³/mol. The van der Waals surface area contributed by atoms with E-state index in [9.17, 15) is 23.8 Å². The Balaban J connectivity index is 4.41. The van der Waals surface area contributed by atoms with Crippen LogP contribution in [0.15, 0.2) is 12.2 Å². The van der Waals surface area contributed by atoms with E-state index in [0.717, 1.165) is 44.9 Å². The molecule has 0 rings (SSSR count). The van der Waals surface area contributed by atoms with Gasteiger partial charge in [0.05, 0.1) is 13.2 Å². The van der Waals surface area contributed by atoms with E-state index < -0.39 is 51.1 Å². The summed E-state index contributed by atoms with van der Waals surface area (Å²) in [5.74, 6) is -2.38. The van der Waals surface area contributed by atoms with Gasteiger partial charge in [-0.3, -0.25) is 23.4 Å². The van der Waals surface area contributed by atoms with Crippen LogP contribution in [-0.2, 0) is 37.5 Å². The lowest BCUT2D eigenvalue weighted by atomic mass is 10.1. The van der Waals surface area contributed by atoms with Crippen LogP contribution in [0.1, 0.15) is 181 Å². The van der Waals surface area contributed by atoms with Crippen molar-refractivity contribution in [2.24, 2.45) is 5.73 Å². The van der Waals surface area contributed by atoms with Crippen molar-refractivity contribution >= 4 is 25.7 Å². The summed E-state index contributed by atoms with van der Waals surface area (Å²) in [5.41, 5.74) is 5.32.